The minimum Gasteiger partial charge on any atom is -0.374 e. The monoisotopic (exact) mass is 477 g/mol. The standard InChI is InChI=1S/C18H24FN3OS.HI/c1-20-18(21-8-11-7-12(19)3-6-17(11)24-2)22-9-13-14(10-22)16-5-4-15(13)23-16;/h3,6-7,13-16H,4-5,8-10H2,1-2H3,(H,20,21);1H. The van der Waals surface area contributed by atoms with Gasteiger partial charge < -0.3 is 15.0 Å². The van der Waals surface area contributed by atoms with Gasteiger partial charge in [-0.2, -0.15) is 0 Å². The van der Waals surface area contributed by atoms with Crippen LogP contribution in [0.5, 0.6) is 0 Å². The number of ether oxygens (including phenoxy) is 1. The molecule has 3 saturated heterocycles. The number of fused-ring (bicyclic) bond motifs is 5. The second kappa shape index (κ2) is 8.00. The summed E-state index contributed by atoms with van der Waals surface area (Å²) in [5.74, 6) is 2.03. The molecule has 3 fully saturated rings. The van der Waals surface area contributed by atoms with E-state index in [0.717, 1.165) is 29.5 Å². The van der Waals surface area contributed by atoms with Crippen molar-refractivity contribution in [1.29, 1.82) is 0 Å². The van der Waals surface area contributed by atoms with Gasteiger partial charge in [-0.1, -0.05) is 0 Å². The van der Waals surface area contributed by atoms with E-state index >= 15 is 0 Å². The Kier molecular flexibility index (Phi) is 6.15. The number of thioether (sulfide) groups is 1. The lowest BCUT2D eigenvalue weighted by atomic mass is 9.82. The molecule has 4 unspecified atom stereocenters. The van der Waals surface area contributed by atoms with E-state index in [-0.39, 0.29) is 29.8 Å². The van der Waals surface area contributed by atoms with Gasteiger partial charge in [-0.05, 0) is 42.9 Å². The molecule has 3 aliphatic rings. The summed E-state index contributed by atoms with van der Waals surface area (Å²) in [6, 6.07) is 4.97. The maximum Gasteiger partial charge on any atom is 0.193 e. The van der Waals surface area contributed by atoms with E-state index in [9.17, 15) is 4.39 Å². The number of likely N-dealkylation sites (tertiary alicyclic amines) is 1. The largest absolute Gasteiger partial charge is 0.374 e. The van der Waals surface area contributed by atoms with Crippen molar-refractivity contribution in [2.75, 3.05) is 26.4 Å². The number of rotatable bonds is 3. The Morgan fingerprint density at radius 1 is 1.32 bits per heavy atom. The third kappa shape index (κ3) is 3.64. The molecule has 3 heterocycles. The van der Waals surface area contributed by atoms with Crippen molar-refractivity contribution in [1.82, 2.24) is 10.2 Å². The van der Waals surface area contributed by atoms with Crippen molar-refractivity contribution in [3.63, 3.8) is 0 Å². The molecule has 0 spiro atoms. The van der Waals surface area contributed by atoms with Gasteiger partial charge in [0.15, 0.2) is 5.96 Å². The molecule has 3 aliphatic heterocycles. The van der Waals surface area contributed by atoms with Gasteiger partial charge in [0.05, 0.1) is 12.2 Å². The van der Waals surface area contributed by atoms with E-state index in [4.69, 9.17) is 4.74 Å². The molecule has 1 aromatic carbocycles. The van der Waals surface area contributed by atoms with E-state index < -0.39 is 0 Å². The summed E-state index contributed by atoms with van der Waals surface area (Å²) in [5.41, 5.74) is 0.978. The molecular formula is C18H25FIN3OS. The van der Waals surface area contributed by atoms with E-state index in [2.05, 4.69) is 15.2 Å². The number of halogens is 2. The van der Waals surface area contributed by atoms with Gasteiger partial charge in [0.25, 0.3) is 0 Å². The van der Waals surface area contributed by atoms with E-state index in [1.165, 1.54) is 18.9 Å². The Morgan fingerprint density at radius 2 is 2.00 bits per heavy atom. The Labute approximate surface area is 170 Å². The topological polar surface area (TPSA) is 36.9 Å². The van der Waals surface area contributed by atoms with Crippen LogP contribution in [-0.4, -0.2) is 49.5 Å². The molecule has 4 rings (SSSR count). The van der Waals surface area contributed by atoms with Crippen molar-refractivity contribution in [2.45, 2.75) is 36.5 Å². The fraction of sp³-hybridized carbons (Fsp3) is 0.611. The third-order valence-corrected chi connectivity index (χ3v) is 6.48. The maximum atomic E-state index is 13.5. The molecule has 4 nitrogen and oxygen atoms in total. The summed E-state index contributed by atoms with van der Waals surface area (Å²) in [6.45, 7) is 2.63. The summed E-state index contributed by atoms with van der Waals surface area (Å²) in [7, 11) is 1.82. The second-order valence-electron chi connectivity index (χ2n) is 6.88. The molecular weight excluding hydrogens is 452 g/mol. The lowest BCUT2D eigenvalue weighted by molar-refractivity contribution is 0.0767. The molecule has 138 valence electrons. The predicted molar refractivity (Wildman–Crippen MR) is 110 cm³/mol. The molecule has 1 N–H and O–H groups in total. The molecule has 1 aromatic rings. The molecule has 0 radical (unpaired) electrons. The van der Waals surface area contributed by atoms with Crippen LogP contribution in [0.4, 0.5) is 4.39 Å². The number of guanidine groups is 1. The van der Waals surface area contributed by atoms with Crippen LogP contribution in [0.25, 0.3) is 0 Å². The molecule has 0 aliphatic carbocycles. The summed E-state index contributed by atoms with van der Waals surface area (Å²) < 4.78 is 19.6. The lowest BCUT2D eigenvalue weighted by Crippen LogP contribution is -2.41. The van der Waals surface area contributed by atoms with Crippen molar-refractivity contribution in [3.8, 4) is 0 Å². The van der Waals surface area contributed by atoms with Crippen molar-refractivity contribution < 1.29 is 9.13 Å². The third-order valence-electron chi connectivity index (χ3n) is 5.64. The van der Waals surface area contributed by atoms with Crippen LogP contribution >= 0.6 is 35.7 Å². The Hall–Kier alpha value is -0.540. The van der Waals surface area contributed by atoms with Gasteiger partial charge in [-0.3, -0.25) is 4.99 Å². The molecule has 0 aromatic heterocycles. The molecule has 2 bridgehead atoms. The first-order chi connectivity index (χ1) is 11.7. The summed E-state index contributed by atoms with van der Waals surface area (Å²) in [5, 5.41) is 3.42. The highest BCUT2D eigenvalue weighted by atomic mass is 127. The predicted octanol–water partition coefficient (Wildman–Crippen LogP) is 3.35. The zero-order valence-corrected chi connectivity index (χ0v) is 17.7. The number of aliphatic imine (C=N–C) groups is 1. The van der Waals surface area contributed by atoms with Gasteiger partial charge in [0, 0.05) is 43.4 Å². The Balaban J connectivity index is 0.00000182. The van der Waals surface area contributed by atoms with Gasteiger partial charge in [0.1, 0.15) is 5.82 Å². The Bertz CT molecular complexity index is 641. The van der Waals surface area contributed by atoms with Gasteiger partial charge >= 0.3 is 0 Å². The van der Waals surface area contributed by atoms with Crippen molar-refractivity contribution >= 4 is 41.7 Å². The summed E-state index contributed by atoms with van der Waals surface area (Å²) in [6.07, 6.45) is 5.35. The lowest BCUT2D eigenvalue weighted by Gasteiger charge is -2.23. The molecule has 0 saturated carbocycles. The number of hydrogen-bond donors (Lipinski definition) is 1. The highest BCUT2D eigenvalue weighted by Gasteiger charge is 2.53. The molecule has 4 atom stereocenters. The average Bonchev–Trinajstić information content (AvgIpc) is 3.28. The van der Waals surface area contributed by atoms with Gasteiger partial charge in [-0.25, -0.2) is 4.39 Å². The van der Waals surface area contributed by atoms with Gasteiger partial charge in [-0.15, -0.1) is 35.7 Å². The van der Waals surface area contributed by atoms with Crippen LogP contribution in [0.2, 0.25) is 0 Å². The number of hydrogen-bond acceptors (Lipinski definition) is 3. The van der Waals surface area contributed by atoms with Crippen LogP contribution in [0.1, 0.15) is 18.4 Å². The summed E-state index contributed by atoms with van der Waals surface area (Å²) >= 11 is 1.64. The minimum atomic E-state index is -0.191. The van der Waals surface area contributed by atoms with E-state index in [0.29, 0.717) is 30.6 Å². The second-order valence-corrected chi connectivity index (χ2v) is 7.73. The molecule has 7 heteroatoms. The number of nitrogens with zero attached hydrogens (tertiary/aromatic N) is 2. The smallest absolute Gasteiger partial charge is 0.193 e. The fourth-order valence-corrected chi connectivity index (χ4v) is 5.12. The number of nitrogens with one attached hydrogen (secondary N) is 1. The first-order valence-corrected chi connectivity index (χ1v) is 9.85. The van der Waals surface area contributed by atoms with Crippen molar-refractivity contribution in [3.05, 3.63) is 29.6 Å². The quantitative estimate of drug-likeness (QED) is 0.314. The van der Waals surface area contributed by atoms with E-state index in [1.807, 2.05) is 19.4 Å². The average molecular weight is 477 g/mol. The van der Waals surface area contributed by atoms with Crippen molar-refractivity contribution in [2.24, 2.45) is 16.8 Å². The van der Waals surface area contributed by atoms with Crippen LogP contribution in [-0.2, 0) is 11.3 Å². The normalized spacial score (nSPS) is 30.4. The highest BCUT2D eigenvalue weighted by molar-refractivity contribution is 14.0. The number of benzene rings is 1. The first kappa shape index (κ1) is 19.2. The zero-order valence-electron chi connectivity index (χ0n) is 14.6. The van der Waals surface area contributed by atoms with Gasteiger partial charge in [0.2, 0.25) is 0 Å². The first-order valence-electron chi connectivity index (χ1n) is 8.63. The molecule has 0 amide bonds. The maximum absolute atomic E-state index is 13.5. The van der Waals surface area contributed by atoms with E-state index in [1.54, 1.807) is 17.8 Å². The van der Waals surface area contributed by atoms with Crippen LogP contribution in [0.3, 0.4) is 0 Å². The summed E-state index contributed by atoms with van der Waals surface area (Å²) in [4.78, 5) is 7.90. The van der Waals surface area contributed by atoms with Crippen LogP contribution in [0.15, 0.2) is 28.1 Å². The van der Waals surface area contributed by atoms with Crippen LogP contribution in [0, 0.1) is 17.7 Å². The van der Waals surface area contributed by atoms with Crippen LogP contribution < -0.4 is 5.32 Å². The SMILES string of the molecule is CN=C(NCc1cc(F)ccc1SC)N1CC2C3CCC(O3)C2C1.I. The zero-order chi connectivity index (χ0) is 16.7. The minimum absolute atomic E-state index is 0. The molecule has 25 heavy (non-hydrogen) atoms. The Morgan fingerprint density at radius 3 is 2.60 bits per heavy atom. The fourth-order valence-electron chi connectivity index (χ4n) is 4.52. The highest BCUT2D eigenvalue weighted by Crippen LogP contribution is 2.47.